The van der Waals surface area contributed by atoms with Gasteiger partial charge in [0.15, 0.2) is 0 Å². The van der Waals surface area contributed by atoms with Crippen LogP contribution in [0.15, 0.2) is 30.3 Å². The van der Waals surface area contributed by atoms with Gasteiger partial charge in [-0.3, -0.25) is 9.59 Å². The summed E-state index contributed by atoms with van der Waals surface area (Å²) in [7, 11) is 1.91. The summed E-state index contributed by atoms with van der Waals surface area (Å²) < 4.78 is 0. The van der Waals surface area contributed by atoms with Crippen LogP contribution in [0.25, 0.3) is 0 Å². The van der Waals surface area contributed by atoms with Crippen LogP contribution in [0, 0.1) is 16.7 Å². The summed E-state index contributed by atoms with van der Waals surface area (Å²) in [6.07, 6.45) is 6.14. The first kappa shape index (κ1) is 17.6. The molecule has 4 unspecified atom stereocenters. The van der Waals surface area contributed by atoms with Crippen LogP contribution in [0.1, 0.15) is 57.4 Å². The van der Waals surface area contributed by atoms with Gasteiger partial charge >= 0.3 is 0 Å². The second kappa shape index (κ2) is 5.83. The largest absolute Gasteiger partial charge is 0.369 e. The summed E-state index contributed by atoms with van der Waals surface area (Å²) >= 11 is 0. The van der Waals surface area contributed by atoms with Gasteiger partial charge in [-0.25, -0.2) is 0 Å². The maximum Gasteiger partial charge on any atom is 0.228 e. The monoisotopic (exact) mass is 354 g/mol. The molecule has 2 N–H and O–H groups in total. The van der Waals surface area contributed by atoms with E-state index in [9.17, 15) is 9.59 Å². The van der Waals surface area contributed by atoms with Crippen LogP contribution in [-0.4, -0.2) is 30.3 Å². The van der Waals surface area contributed by atoms with Gasteiger partial charge in [0.1, 0.15) is 0 Å². The quantitative estimate of drug-likeness (QED) is 0.882. The van der Waals surface area contributed by atoms with E-state index in [1.165, 1.54) is 5.56 Å². The number of hydrogen-bond acceptors (Lipinski definition) is 2. The molecule has 0 spiro atoms. The smallest absolute Gasteiger partial charge is 0.228 e. The lowest BCUT2D eigenvalue weighted by Gasteiger charge is -2.65. The minimum atomic E-state index is -0.516. The van der Waals surface area contributed by atoms with Crippen molar-refractivity contribution < 1.29 is 9.59 Å². The zero-order chi connectivity index (χ0) is 18.6. The number of carbonyl (C=O) groups excluding carboxylic acids is 2. The number of primary amides is 1. The molecule has 4 atom stereocenters. The van der Waals surface area contributed by atoms with Crippen LogP contribution in [-0.2, 0) is 15.0 Å². The van der Waals surface area contributed by atoms with Crippen molar-refractivity contribution >= 4 is 11.8 Å². The molecule has 4 heteroatoms. The Morgan fingerprint density at radius 3 is 2.38 bits per heavy atom. The third-order valence-corrected chi connectivity index (χ3v) is 7.34. The Morgan fingerprint density at radius 1 is 1.08 bits per heavy atom. The van der Waals surface area contributed by atoms with Gasteiger partial charge in [-0.15, -0.1) is 0 Å². The third kappa shape index (κ3) is 2.41. The van der Waals surface area contributed by atoms with Gasteiger partial charge in [0, 0.05) is 13.6 Å². The van der Waals surface area contributed by atoms with E-state index in [4.69, 9.17) is 5.73 Å². The van der Waals surface area contributed by atoms with Crippen molar-refractivity contribution in [1.29, 1.82) is 0 Å². The number of carbonyl (C=O) groups is 2. The topological polar surface area (TPSA) is 63.4 Å². The fourth-order valence-electron chi connectivity index (χ4n) is 6.91. The summed E-state index contributed by atoms with van der Waals surface area (Å²) in [5.74, 6) is 0.449. The Labute approximate surface area is 156 Å². The molecule has 4 saturated carbocycles. The van der Waals surface area contributed by atoms with Gasteiger partial charge in [-0.05, 0) is 61.8 Å². The Kier molecular flexibility index (Phi) is 3.94. The molecule has 5 rings (SSSR count). The van der Waals surface area contributed by atoms with Crippen LogP contribution >= 0.6 is 0 Å². The Morgan fingerprint density at radius 2 is 1.73 bits per heavy atom. The molecule has 4 aliphatic rings. The zero-order valence-corrected chi connectivity index (χ0v) is 16.0. The molecule has 4 aliphatic carbocycles. The minimum absolute atomic E-state index is 0.0849. The van der Waals surface area contributed by atoms with Gasteiger partial charge in [0.2, 0.25) is 11.8 Å². The molecular formula is C22H30N2O2. The van der Waals surface area contributed by atoms with Crippen molar-refractivity contribution in [2.24, 2.45) is 22.5 Å². The lowest BCUT2D eigenvalue weighted by Crippen LogP contribution is -2.65. The number of benzene rings is 1. The molecule has 1 aromatic rings. The van der Waals surface area contributed by atoms with Crippen molar-refractivity contribution in [2.45, 2.75) is 57.3 Å². The zero-order valence-electron chi connectivity index (χ0n) is 16.0. The molecular weight excluding hydrogens is 324 g/mol. The number of amides is 2. The van der Waals surface area contributed by atoms with Gasteiger partial charge in [0.05, 0.1) is 10.8 Å². The van der Waals surface area contributed by atoms with Gasteiger partial charge < -0.3 is 10.6 Å². The molecule has 0 heterocycles. The Balaban J connectivity index is 1.80. The lowest BCUT2D eigenvalue weighted by atomic mass is 9.38. The van der Waals surface area contributed by atoms with E-state index in [2.05, 4.69) is 31.2 Å². The number of nitrogens with two attached hydrogens (primary N) is 1. The van der Waals surface area contributed by atoms with Crippen LogP contribution in [0.2, 0.25) is 0 Å². The molecule has 4 fully saturated rings. The van der Waals surface area contributed by atoms with Gasteiger partial charge in [0.25, 0.3) is 0 Å². The standard InChI is InChI=1S/C22H30N2O2/c1-3-9-24(2)19(26)22-12-16-10-20(14-22,17-7-5-4-6-8-17)13-21(11-16,15-22)18(23)25/h4-8,16H,3,9-15H2,1-2H3,(H2,23,25). The normalized spacial score (nSPS) is 37.5. The average molecular weight is 354 g/mol. The highest BCUT2D eigenvalue weighted by atomic mass is 16.2. The second-order valence-electron chi connectivity index (χ2n) is 9.31. The SMILES string of the molecule is CCCN(C)C(=O)C12CC3CC(C(N)=O)(C1)CC(c1ccccc1)(C3)C2. The maximum absolute atomic E-state index is 13.5. The molecule has 0 aromatic heterocycles. The minimum Gasteiger partial charge on any atom is -0.369 e. The molecule has 4 nitrogen and oxygen atoms in total. The van der Waals surface area contributed by atoms with Gasteiger partial charge in [-0.1, -0.05) is 37.3 Å². The molecule has 2 amide bonds. The van der Waals surface area contributed by atoms with Crippen molar-refractivity contribution in [1.82, 2.24) is 4.90 Å². The van der Waals surface area contributed by atoms with E-state index in [-0.39, 0.29) is 17.2 Å². The van der Waals surface area contributed by atoms with E-state index in [0.29, 0.717) is 12.3 Å². The summed E-state index contributed by atoms with van der Waals surface area (Å²) in [6, 6.07) is 10.5. The highest BCUT2D eigenvalue weighted by molar-refractivity contribution is 5.88. The molecule has 1 aromatic carbocycles. The Hall–Kier alpha value is -1.84. The molecule has 4 bridgehead atoms. The average Bonchev–Trinajstić information content (AvgIpc) is 2.61. The Bertz CT molecular complexity index is 733. The fraction of sp³-hybridized carbons (Fsp3) is 0.636. The maximum atomic E-state index is 13.5. The van der Waals surface area contributed by atoms with Crippen LogP contribution < -0.4 is 5.73 Å². The van der Waals surface area contributed by atoms with E-state index in [1.807, 2.05) is 18.0 Å². The molecule has 0 aliphatic heterocycles. The number of nitrogens with zero attached hydrogens (tertiary/aromatic N) is 1. The predicted molar refractivity (Wildman–Crippen MR) is 101 cm³/mol. The van der Waals surface area contributed by atoms with Gasteiger partial charge in [-0.2, -0.15) is 0 Å². The summed E-state index contributed by atoms with van der Waals surface area (Å²) in [5, 5.41) is 0. The van der Waals surface area contributed by atoms with Crippen molar-refractivity contribution in [3.05, 3.63) is 35.9 Å². The molecule has 0 saturated heterocycles. The first-order valence-electron chi connectivity index (χ1n) is 9.96. The number of rotatable bonds is 5. The van der Waals surface area contributed by atoms with Crippen molar-refractivity contribution in [3.8, 4) is 0 Å². The van der Waals surface area contributed by atoms with Crippen LogP contribution in [0.5, 0.6) is 0 Å². The first-order valence-corrected chi connectivity index (χ1v) is 9.96. The van der Waals surface area contributed by atoms with E-state index in [0.717, 1.165) is 45.1 Å². The van der Waals surface area contributed by atoms with E-state index < -0.39 is 10.8 Å². The second-order valence-corrected chi connectivity index (χ2v) is 9.31. The summed E-state index contributed by atoms with van der Waals surface area (Å²) in [6.45, 7) is 2.87. The highest BCUT2D eigenvalue weighted by Gasteiger charge is 2.68. The fourth-order valence-corrected chi connectivity index (χ4v) is 6.91. The number of hydrogen-bond donors (Lipinski definition) is 1. The molecule has 26 heavy (non-hydrogen) atoms. The summed E-state index contributed by atoms with van der Waals surface area (Å²) in [5.41, 5.74) is 6.22. The van der Waals surface area contributed by atoms with Crippen molar-refractivity contribution in [3.63, 3.8) is 0 Å². The summed E-state index contributed by atoms with van der Waals surface area (Å²) in [4.78, 5) is 28.0. The molecule has 140 valence electrons. The highest BCUT2D eigenvalue weighted by Crippen LogP contribution is 2.70. The van der Waals surface area contributed by atoms with Crippen LogP contribution in [0.4, 0.5) is 0 Å². The van der Waals surface area contributed by atoms with Crippen molar-refractivity contribution in [2.75, 3.05) is 13.6 Å². The lowest BCUT2D eigenvalue weighted by molar-refractivity contribution is -0.176. The first-order chi connectivity index (χ1) is 12.3. The van der Waals surface area contributed by atoms with Crippen LogP contribution in [0.3, 0.4) is 0 Å². The van der Waals surface area contributed by atoms with E-state index >= 15 is 0 Å². The predicted octanol–water partition coefficient (Wildman–Crippen LogP) is 3.25. The third-order valence-electron chi connectivity index (χ3n) is 7.34. The molecule has 0 radical (unpaired) electrons. The van der Waals surface area contributed by atoms with E-state index in [1.54, 1.807) is 0 Å².